The Morgan fingerprint density at radius 2 is 2.21 bits per heavy atom. The van der Waals surface area contributed by atoms with E-state index >= 15 is 0 Å². The minimum Gasteiger partial charge on any atom is -0.360 e. The summed E-state index contributed by atoms with van der Waals surface area (Å²) in [5, 5.41) is 18.7. The fraction of sp³-hybridized carbons (Fsp3) is 0.400. The molecule has 1 atom stereocenters. The summed E-state index contributed by atoms with van der Waals surface area (Å²) in [6.45, 7) is 0.756. The van der Waals surface area contributed by atoms with Crippen molar-refractivity contribution in [1.29, 1.82) is 5.41 Å². The van der Waals surface area contributed by atoms with Crippen LogP contribution in [-0.4, -0.2) is 33.8 Å². The fourth-order valence-corrected chi connectivity index (χ4v) is 3.24. The number of nitrogens with zero attached hydrogens (tertiary/aromatic N) is 3. The lowest BCUT2D eigenvalue weighted by Crippen LogP contribution is -2.27. The third-order valence-electron chi connectivity index (χ3n) is 3.80. The summed E-state index contributed by atoms with van der Waals surface area (Å²) in [5.74, 6) is 0.552. The van der Waals surface area contributed by atoms with Gasteiger partial charge in [-0.2, -0.15) is 4.98 Å². The maximum absolute atomic E-state index is 7.71. The zero-order valence-corrected chi connectivity index (χ0v) is 15.5. The van der Waals surface area contributed by atoms with E-state index in [1.807, 2.05) is 12.1 Å². The molecular weight excluding hydrogens is 396 g/mol. The molecule has 1 aliphatic rings. The normalized spacial score (nSPS) is 17.5. The molecule has 1 aliphatic heterocycles. The fourth-order valence-electron chi connectivity index (χ4n) is 2.57. The highest BCUT2D eigenvalue weighted by Gasteiger charge is 2.17. The zero-order chi connectivity index (χ0) is 17.1. The van der Waals surface area contributed by atoms with Gasteiger partial charge in [-0.15, -0.1) is 5.10 Å². The van der Waals surface area contributed by atoms with E-state index in [4.69, 9.17) is 21.7 Å². The van der Waals surface area contributed by atoms with Crippen LogP contribution in [0.5, 0.6) is 0 Å². The molecule has 0 spiro atoms. The molecule has 0 amide bonds. The quantitative estimate of drug-likeness (QED) is 0.647. The maximum Gasteiger partial charge on any atom is 0.226 e. The topological polar surface area (TPSA) is 87.8 Å². The molecule has 3 N–H and O–H groups in total. The Hall–Kier alpha value is -1.64. The molecule has 9 heteroatoms. The maximum atomic E-state index is 7.71. The summed E-state index contributed by atoms with van der Waals surface area (Å²) < 4.78 is 7.79. The van der Waals surface area contributed by atoms with E-state index in [9.17, 15) is 0 Å². The Kier molecular flexibility index (Phi) is 5.37. The van der Waals surface area contributed by atoms with Crippen molar-refractivity contribution >= 4 is 51.1 Å². The van der Waals surface area contributed by atoms with Gasteiger partial charge in [0.2, 0.25) is 10.7 Å². The first-order valence-electron chi connectivity index (χ1n) is 7.63. The molecule has 0 bridgehead atoms. The monoisotopic (exact) mass is 412 g/mol. The molecular formula is C15H18BrClN6O. The highest BCUT2D eigenvalue weighted by molar-refractivity contribution is 9.10. The largest absolute Gasteiger partial charge is 0.360 e. The van der Waals surface area contributed by atoms with Crippen molar-refractivity contribution in [3.63, 3.8) is 0 Å². The van der Waals surface area contributed by atoms with Crippen LogP contribution in [0.3, 0.4) is 0 Å². The highest BCUT2D eigenvalue weighted by atomic mass is 79.9. The minimum atomic E-state index is -0.0398. The SMILES string of the molecule is Cn1nc(Br)nc1Nc1ccc(NC2CCCCO2)c(C=N)c1Cl. The van der Waals surface area contributed by atoms with Crippen LogP contribution in [-0.2, 0) is 11.8 Å². The summed E-state index contributed by atoms with van der Waals surface area (Å²) in [5.41, 5.74) is 2.05. The van der Waals surface area contributed by atoms with Crippen LogP contribution in [0.1, 0.15) is 24.8 Å². The number of aryl methyl sites for hydroxylation is 1. The van der Waals surface area contributed by atoms with Gasteiger partial charge in [0, 0.05) is 31.1 Å². The first kappa shape index (κ1) is 17.2. The second-order valence-electron chi connectivity index (χ2n) is 5.49. The van der Waals surface area contributed by atoms with Gasteiger partial charge in [0.1, 0.15) is 6.23 Å². The van der Waals surface area contributed by atoms with Gasteiger partial charge in [0.15, 0.2) is 0 Å². The van der Waals surface area contributed by atoms with Crippen molar-refractivity contribution < 1.29 is 4.74 Å². The van der Waals surface area contributed by atoms with Gasteiger partial charge in [0.25, 0.3) is 0 Å². The van der Waals surface area contributed by atoms with E-state index in [0.717, 1.165) is 31.6 Å². The van der Waals surface area contributed by atoms with Crippen LogP contribution in [0, 0.1) is 5.41 Å². The van der Waals surface area contributed by atoms with E-state index in [2.05, 4.69) is 36.6 Å². The Morgan fingerprint density at radius 3 is 2.83 bits per heavy atom. The molecule has 1 aromatic carbocycles. The van der Waals surface area contributed by atoms with Crippen LogP contribution in [0.15, 0.2) is 16.9 Å². The molecule has 7 nitrogen and oxygen atoms in total. The first-order valence-corrected chi connectivity index (χ1v) is 8.80. The lowest BCUT2D eigenvalue weighted by molar-refractivity contribution is 0.0343. The third-order valence-corrected chi connectivity index (χ3v) is 4.55. The summed E-state index contributed by atoms with van der Waals surface area (Å²) in [6.07, 6.45) is 4.37. The molecule has 2 heterocycles. The number of benzene rings is 1. The van der Waals surface area contributed by atoms with Crippen molar-refractivity contribution in [2.24, 2.45) is 7.05 Å². The summed E-state index contributed by atoms with van der Waals surface area (Å²) in [4.78, 5) is 4.22. The summed E-state index contributed by atoms with van der Waals surface area (Å²) in [6, 6.07) is 3.74. The Bertz CT molecular complexity index is 744. The lowest BCUT2D eigenvalue weighted by Gasteiger charge is -2.25. The predicted molar refractivity (Wildman–Crippen MR) is 98.5 cm³/mol. The molecule has 3 rings (SSSR count). The minimum absolute atomic E-state index is 0.0398. The Labute approximate surface area is 153 Å². The van der Waals surface area contributed by atoms with Crippen LogP contribution < -0.4 is 10.6 Å². The van der Waals surface area contributed by atoms with E-state index in [1.54, 1.807) is 11.7 Å². The van der Waals surface area contributed by atoms with Crippen LogP contribution in [0.4, 0.5) is 17.3 Å². The predicted octanol–water partition coefficient (Wildman–Crippen LogP) is 3.91. The molecule has 0 radical (unpaired) electrons. The van der Waals surface area contributed by atoms with Crippen molar-refractivity contribution in [1.82, 2.24) is 14.8 Å². The number of hydrogen-bond acceptors (Lipinski definition) is 6. The number of ether oxygens (including phenoxy) is 1. The van der Waals surface area contributed by atoms with Crippen molar-refractivity contribution in [2.45, 2.75) is 25.5 Å². The number of halogens is 2. The standard InChI is InChI=1S/C15H18BrClN6O/c1-23-15(21-14(16)22-23)20-11-6-5-10(9(8-18)13(11)17)19-12-4-2-3-7-24-12/h5-6,8,12,18-19H,2-4,7H2,1H3,(H,20,21,22). The highest BCUT2D eigenvalue weighted by Crippen LogP contribution is 2.33. The molecule has 24 heavy (non-hydrogen) atoms. The molecule has 128 valence electrons. The Morgan fingerprint density at radius 1 is 1.42 bits per heavy atom. The van der Waals surface area contributed by atoms with Gasteiger partial charge in [-0.05, 0) is 47.3 Å². The van der Waals surface area contributed by atoms with Gasteiger partial charge >= 0.3 is 0 Å². The number of rotatable bonds is 5. The van der Waals surface area contributed by atoms with Gasteiger partial charge in [-0.25, -0.2) is 4.68 Å². The first-order chi connectivity index (χ1) is 11.6. The second-order valence-corrected chi connectivity index (χ2v) is 6.57. The number of hydrogen-bond donors (Lipinski definition) is 3. The average Bonchev–Trinajstić information content (AvgIpc) is 2.89. The average molecular weight is 414 g/mol. The van der Waals surface area contributed by atoms with Gasteiger partial charge < -0.3 is 20.8 Å². The molecule has 2 aromatic rings. The van der Waals surface area contributed by atoms with E-state index in [-0.39, 0.29) is 6.23 Å². The zero-order valence-electron chi connectivity index (χ0n) is 13.1. The third kappa shape index (κ3) is 3.71. The molecule has 1 saturated heterocycles. The van der Waals surface area contributed by atoms with Gasteiger partial charge in [-0.3, -0.25) is 0 Å². The number of anilines is 3. The van der Waals surface area contributed by atoms with E-state index in [1.165, 1.54) is 6.21 Å². The van der Waals surface area contributed by atoms with Crippen LogP contribution >= 0.6 is 27.5 Å². The van der Waals surface area contributed by atoms with Crippen molar-refractivity contribution in [2.75, 3.05) is 17.2 Å². The van der Waals surface area contributed by atoms with E-state index < -0.39 is 0 Å². The number of nitrogens with one attached hydrogen (secondary N) is 3. The molecule has 0 saturated carbocycles. The smallest absolute Gasteiger partial charge is 0.226 e. The van der Waals surface area contributed by atoms with Crippen LogP contribution in [0.2, 0.25) is 5.02 Å². The molecule has 1 aromatic heterocycles. The van der Waals surface area contributed by atoms with Crippen molar-refractivity contribution in [3.8, 4) is 0 Å². The van der Waals surface area contributed by atoms with Crippen LogP contribution in [0.25, 0.3) is 0 Å². The molecule has 0 aliphatic carbocycles. The molecule has 1 fully saturated rings. The summed E-state index contributed by atoms with van der Waals surface area (Å²) >= 11 is 9.71. The van der Waals surface area contributed by atoms with Crippen molar-refractivity contribution in [3.05, 3.63) is 27.5 Å². The second kappa shape index (κ2) is 7.50. The molecule has 1 unspecified atom stereocenters. The van der Waals surface area contributed by atoms with E-state index in [0.29, 0.717) is 27.0 Å². The lowest BCUT2D eigenvalue weighted by atomic mass is 10.1. The van der Waals surface area contributed by atoms with Gasteiger partial charge in [-0.1, -0.05) is 11.6 Å². The van der Waals surface area contributed by atoms with Gasteiger partial charge in [0.05, 0.1) is 10.7 Å². The Balaban J connectivity index is 1.84. The number of aromatic nitrogens is 3. The summed E-state index contributed by atoms with van der Waals surface area (Å²) in [7, 11) is 1.78.